The lowest BCUT2D eigenvalue weighted by Gasteiger charge is -2.38. The minimum absolute atomic E-state index is 0.228. The highest BCUT2D eigenvalue weighted by atomic mass is 16.5. The Hall–Kier alpha value is -3.09. The van der Waals surface area contributed by atoms with Crippen molar-refractivity contribution in [3.05, 3.63) is 52.4 Å². The van der Waals surface area contributed by atoms with Gasteiger partial charge in [-0.2, -0.15) is 0 Å². The van der Waals surface area contributed by atoms with Gasteiger partial charge in [0.2, 0.25) is 0 Å². The molecule has 1 aliphatic carbocycles. The number of Topliss-reactive ketones (excluding diaryl/α,β-unsaturated/α-hetero) is 1. The molecule has 0 spiro atoms. The average Bonchev–Trinajstić information content (AvgIpc) is 2.77. The highest BCUT2D eigenvalue weighted by Gasteiger charge is 2.47. The number of dihydropyridines is 1. The van der Waals surface area contributed by atoms with E-state index in [4.69, 9.17) is 14.2 Å². The number of rotatable bonds is 6. The van der Waals surface area contributed by atoms with Gasteiger partial charge >= 0.3 is 11.9 Å². The number of carbonyl (C=O) groups excluding carboxylic acids is 3. The Balaban J connectivity index is 2.18. The number of allylic oxidation sites excluding steroid dienone is 3. The zero-order valence-corrected chi connectivity index (χ0v) is 19.5. The van der Waals surface area contributed by atoms with E-state index >= 15 is 0 Å². The summed E-state index contributed by atoms with van der Waals surface area (Å²) in [6, 6.07) is 7.28. The van der Waals surface area contributed by atoms with E-state index < -0.39 is 23.8 Å². The summed E-state index contributed by atoms with van der Waals surface area (Å²) in [7, 11) is 2.84. The maximum Gasteiger partial charge on any atom is 0.337 e. The van der Waals surface area contributed by atoms with Gasteiger partial charge in [-0.3, -0.25) is 9.59 Å². The van der Waals surface area contributed by atoms with Gasteiger partial charge in [0, 0.05) is 22.9 Å². The van der Waals surface area contributed by atoms with Crippen LogP contribution in [0.3, 0.4) is 0 Å². The summed E-state index contributed by atoms with van der Waals surface area (Å²) in [6.45, 7) is 7.43. The van der Waals surface area contributed by atoms with Gasteiger partial charge < -0.3 is 19.5 Å². The summed E-state index contributed by atoms with van der Waals surface area (Å²) in [5.74, 6) is -2.58. The van der Waals surface area contributed by atoms with Crippen molar-refractivity contribution in [1.29, 1.82) is 0 Å². The number of ketones is 1. The van der Waals surface area contributed by atoms with Crippen molar-refractivity contribution in [2.45, 2.75) is 52.6 Å². The van der Waals surface area contributed by atoms with Gasteiger partial charge in [0.25, 0.3) is 0 Å². The van der Waals surface area contributed by atoms with Crippen molar-refractivity contribution in [2.24, 2.45) is 11.8 Å². The van der Waals surface area contributed by atoms with Crippen LogP contribution in [0.1, 0.15) is 52.0 Å². The molecular weight excluding hydrogens is 410 g/mol. The van der Waals surface area contributed by atoms with Gasteiger partial charge in [-0.15, -0.1) is 0 Å². The van der Waals surface area contributed by atoms with Gasteiger partial charge in [0.15, 0.2) is 5.78 Å². The molecule has 7 heteroatoms. The highest BCUT2D eigenvalue weighted by molar-refractivity contribution is 6.12. The van der Waals surface area contributed by atoms with E-state index in [-0.39, 0.29) is 17.8 Å². The monoisotopic (exact) mass is 441 g/mol. The second-order valence-corrected chi connectivity index (χ2v) is 8.44. The lowest BCUT2D eigenvalue weighted by molar-refractivity contribution is -0.151. The summed E-state index contributed by atoms with van der Waals surface area (Å²) in [6.07, 6.45) is 0.894. The van der Waals surface area contributed by atoms with Crippen molar-refractivity contribution in [3.63, 3.8) is 0 Å². The minimum atomic E-state index is -0.918. The highest BCUT2D eigenvalue weighted by Crippen LogP contribution is 2.46. The molecule has 4 atom stereocenters. The number of carbonyl (C=O) groups is 3. The second kappa shape index (κ2) is 9.59. The Morgan fingerprint density at radius 3 is 2.59 bits per heavy atom. The SMILES string of the molecule is CC[C@H](C)OC(=O)C1=C(C)NC2=C(C(=O)[C@H](C(=O)OC)[C@H](C)C2)[C@H]1c1cccc(OC)c1. The smallest absolute Gasteiger partial charge is 0.337 e. The van der Waals surface area contributed by atoms with Crippen molar-refractivity contribution in [1.82, 2.24) is 5.32 Å². The van der Waals surface area contributed by atoms with E-state index in [1.165, 1.54) is 7.11 Å². The fourth-order valence-corrected chi connectivity index (χ4v) is 4.44. The third kappa shape index (κ3) is 4.29. The number of methoxy groups -OCH3 is 2. The molecule has 2 aliphatic rings. The van der Waals surface area contributed by atoms with E-state index in [2.05, 4.69) is 5.32 Å². The second-order valence-electron chi connectivity index (χ2n) is 8.44. The molecule has 0 saturated carbocycles. The Morgan fingerprint density at radius 2 is 1.97 bits per heavy atom. The number of hydrogen-bond acceptors (Lipinski definition) is 7. The van der Waals surface area contributed by atoms with Gasteiger partial charge in [-0.25, -0.2) is 4.79 Å². The molecule has 1 aromatic carbocycles. The van der Waals surface area contributed by atoms with E-state index in [1.54, 1.807) is 13.2 Å². The molecule has 32 heavy (non-hydrogen) atoms. The number of hydrogen-bond donors (Lipinski definition) is 1. The Kier molecular flexibility index (Phi) is 7.06. The van der Waals surface area contributed by atoms with Crippen molar-refractivity contribution in [2.75, 3.05) is 14.2 Å². The Morgan fingerprint density at radius 1 is 1.25 bits per heavy atom. The number of benzene rings is 1. The van der Waals surface area contributed by atoms with Crippen LogP contribution in [0.5, 0.6) is 5.75 Å². The maximum absolute atomic E-state index is 13.7. The molecule has 3 rings (SSSR count). The van der Waals surface area contributed by atoms with Crippen LogP contribution in [0.2, 0.25) is 0 Å². The fraction of sp³-hybridized carbons (Fsp3) is 0.480. The summed E-state index contributed by atoms with van der Waals surface area (Å²) < 4.78 is 16.0. The third-order valence-corrected chi connectivity index (χ3v) is 6.27. The summed E-state index contributed by atoms with van der Waals surface area (Å²) in [5.41, 5.74) is 2.87. The van der Waals surface area contributed by atoms with E-state index in [1.807, 2.05) is 45.9 Å². The average molecular weight is 442 g/mol. The molecule has 0 fully saturated rings. The molecule has 0 bridgehead atoms. The normalized spacial score (nSPS) is 23.8. The first-order valence-electron chi connectivity index (χ1n) is 10.9. The predicted octanol–water partition coefficient (Wildman–Crippen LogP) is 3.65. The molecule has 1 aromatic rings. The standard InChI is InChI=1S/C25H31NO6/c1-7-14(3)32-25(29)20-15(4)26-18-11-13(2)19(24(28)31-6)23(27)22(18)21(20)16-9-8-10-17(12-16)30-5/h8-10,12-14,19,21,26H,7,11H2,1-6H3/t13-,14+,19-,21+/m1/s1. The molecule has 0 saturated heterocycles. The lowest BCUT2D eigenvalue weighted by Crippen LogP contribution is -2.43. The van der Waals surface area contributed by atoms with Crippen molar-refractivity contribution >= 4 is 17.7 Å². The Labute approximate surface area is 188 Å². The van der Waals surface area contributed by atoms with Crippen LogP contribution in [-0.2, 0) is 23.9 Å². The van der Waals surface area contributed by atoms with Gasteiger partial charge in [-0.1, -0.05) is 26.0 Å². The van der Waals surface area contributed by atoms with E-state index in [9.17, 15) is 14.4 Å². The molecule has 1 heterocycles. The summed E-state index contributed by atoms with van der Waals surface area (Å²) in [4.78, 5) is 39.4. The van der Waals surface area contributed by atoms with Crippen LogP contribution in [0.25, 0.3) is 0 Å². The summed E-state index contributed by atoms with van der Waals surface area (Å²) in [5, 5.41) is 3.26. The summed E-state index contributed by atoms with van der Waals surface area (Å²) >= 11 is 0. The van der Waals surface area contributed by atoms with Crippen LogP contribution >= 0.6 is 0 Å². The first kappa shape index (κ1) is 23.6. The molecule has 7 nitrogen and oxygen atoms in total. The quantitative estimate of drug-likeness (QED) is 0.532. The molecular formula is C25H31NO6. The van der Waals surface area contributed by atoms with Gasteiger partial charge in [-0.05, 0) is 50.3 Å². The molecule has 0 unspecified atom stereocenters. The zero-order valence-electron chi connectivity index (χ0n) is 19.5. The van der Waals surface area contributed by atoms with Crippen molar-refractivity contribution < 1.29 is 28.6 Å². The first-order chi connectivity index (χ1) is 15.2. The van der Waals surface area contributed by atoms with Crippen LogP contribution in [0, 0.1) is 11.8 Å². The molecule has 0 aromatic heterocycles. The number of esters is 2. The molecule has 0 amide bonds. The maximum atomic E-state index is 13.7. The lowest BCUT2D eigenvalue weighted by atomic mass is 9.69. The zero-order chi connectivity index (χ0) is 23.6. The van der Waals surface area contributed by atoms with E-state index in [0.717, 1.165) is 11.3 Å². The van der Waals surface area contributed by atoms with Crippen LogP contribution < -0.4 is 10.1 Å². The Bertz CT molecular complexity index is 992. The third-order valence-electron chi connectivity index (χ3n) is 6.27. The topological polar surface area (TPSA) is 90.9 Å². The molecule has 1 aliphatic heterocycles. The predicted molar refractivity (Wildman–Crippen MR) is 119 cm³/mol. The molecule has 1 N–H and O–H groups in total. The van der Waals surface area contributed by atoms with Gasteiger partial charge in [0.1, 0.15) is 11.7 Å². The van der Waals surface area contributed by atoms with Crippen molar-refractivity contribution in [3.8, 4) is 5.75 Å². The minimum Gasteiger partial charge on any atom is -0.497 e. The largest absolute Gasteiger partial charge is 0.497 e. The fourth-order valence-electron chi connectivity index (χ4n) is 4.44. The first-order valence-corrected chi connectivity index (χ1v) is 10.9. The molecule has 172 valence electrons. The van der Waals surface area contributed by atoms with Crippen LogP contribution in [0.4, 0.5) is 0 Å². The van der Waals surface area contributed by atoms with Crippen LogP contribution in [0.15, 0.2) is 46.8 Å². The molecule has 0 radical (unpaired) electrons. The number of nitrogens with one attached hydrogen (secondary N) is 1. The van der Waals surface area contributed by atoms with Crippen LogP contribution in [-0.4, -0.2) is 38.0 Å². The number of ether oxygens (including phenoxy) is 3. The van der Waals surface area contributed by atoms with Gasteiger partial charge in [0.05, 0.1) is 25.9 Å². The van der Waals surface area contributed by atoms with E-state index in [0.29, 0.717) is 35.4 Å².